The molecule has 0 saturated carbocycles. The van der Waals surface area contributed by atoms with E-state index < -0.39 is 12.0 Å². The molecule has 0 radical (unpaired) electrons. The molecule has 1 atom stereocenters. The van der Waals surface area contributed by atoms with Crippen LogP contribution in [-0.2, 0) is 4.79 Å². The number of aliphatic hydroxyl groups is 1. The molecule has 0 heterocycles. The van der Waals surface area contributed by atoms with Gasteiger partial charge in [0.25, 0.3) is 5.91 Å². The van der Waals surface area contributed by atoms with E-state index in [-0.39, 0.29) is 0 Å². The van der Waals surface area contributed by atoms with E-state index in [1.54, 1.807) is 36.4 Å². The zero-order chi connectivity index (χ0) is 12.1. The van der Waals surface area contributed by atoms with E-state index in [1.807, 2.05) is 24.3 Å². The van der Waals surface area contributed by atoms with Crippen LogP contribution in [0.3, 0.4) is 0 Å². The maximum atomic E-state index is 11.8. The van der Waals surface area contributed by atoms with Gasteiger partial charge in [-0.2, -0.15) is 0 Å². The van der Waals surface area contributed by atoms with Crippen molar-refractivity contribution in [2.24, 2.45) is 0 Å². The number of carbonyl (C=O) groups is 1. The number of benzene rings is 2. The van der Waals surface area contributed by atoms with Gasteiger partial charge in [-0.05, 0) is 17.7 Å². The van der Waals surface area contributed by atoms with Crippen LogP contribution < -0.4 is 5.32 Å². The topological polar surface area (TPSA) is 49.3 Å². The number of hydrogen-bond donors (Lipinski definition) is 2. The number of nitrogens with one attached hydrogen (secondary N) is 1. The summed E-state index contributed by atoms with van der Waals surface area (Å²) in [5.41, 5.74) is 1.26. The Morgan fingerprint density at radius 1 is 0.941 bits per heavy atom. The Kier molecular flexibility index (Phi) is 3.52. The molecule has 0 fully saturated rings. The van der Waals surface area contributed by atoms with Gasteiger partial charge >= 0.3 is 0 Å². The molecule has 3 nitrogen and oxygen atoms in total. The van der Waals surface area contributed by atoms with E-state index in [0.717, 1.165) is 0 Å². The summed E-state index contributed by atoms with van der Waals surface area (Å²) in [6.45, 7) is 0. The molecule has 0 unspecified atom stereocenters. The van der Waals surface area contributed by atoms with Crippen LogP contribution in [0.1, 0.15) is 11.7 Å². The van der Waals surface area contributed by atoms with Crippen LogP contribution in [0.4, 0.5) is 5.69 Å². The molecule has 0 aromatic heterocycles. The number of aliphatic hydroxyl groups excluding tert-OH is 1. The molecule has 17 heavy (non-hydrogen) atoms. The number of amides is 1. The fraction of sp³-hybridized carbons (Fsp3) is 0.0714. The van der Waals surface area contributed by atoms with Crippen molar-refractivity contribution in [1.29, 1.82) is 0 Å². The highest BCUT2D eigenvalue weighted by atomic mass is 16.3. The molecule has 1 amide bonds. The van der Waals surface area contributed by atoms with Gasteiger partial charge in [-0.25, -0.2) is 0 Å². The summed E-state index contributed by atoms with van der Waals surface area (Å²) >= 11 is 0. The Labute approximate surface area is 99.7 Å². The molecule has 0 aliphatic rings. The quantitative estimate of drug-likeness (QED) is 0.845. The second kappa shape index (κ2) is 5.27. The summed E-state index contributed by atoms with van der Waals surface area (Å²) in [5.74, 6) is -0.428. The summed E-state index contributed by atoms with van der Waals surface area (Å²) in [7, 11) is 0. The molecule has 2 N–H and O–H groups in total. The molecule has 0 aliphatic heterocycles. The predicted molar refractivity (Wildman–Crippen MR) is 66.5 cm³/mol. The van der Waals surface area contributed by atoms with E-state index in [9.17, 15) is 9.90 Å². The fourth-order valence-corrected chi connectivity index (χ4v) is 1.52. The standard InChI is InChI=1S/C14H13NO2/c16-13(11-7-3-1-4-8-11)14(17)15-12-9-5-2-6-10-12/h1-10,13,16H,(H,15,17)/t13-/m0/s1. The van der Waals surface area contributed by atoms with E-state index in [2.05, 4.69) is 5.32 Å². The second-order valence-corrected chi connectivity index (χ2v) is 3.67. The lowest BCUT2D eigenvalue weighted by molar-refractivity contribution is -0.124. The zero-order valence-corrected chi connectivity index (χ0v) is 9.21. The number of anilines is 1. The third-order valence-corrected chi connectivity index (χ3v) is 2.40. The number of para-hydroxylation sites is 1. The predicted octanol–water partition coefficient (Wildman–Crippen LogP) is 2.36. The van der Waals surface area contributed by atoms with Crippen LogP contribution in [0.5, 0.6) is 0 Å². The maximum Gasteiger partial charge on any atom is 0.257 e. The van der Waals surface area contributed by atoms with Crippen molar-refractivity contribution >= 4 is 11.6 Å². The van der Waals surface area contributed by atoms with Gasteiger partial charge in [0, 0.05) is 5.69 Å². The van der Waals surface area contributed by atoms with Crippen molar-refractivity contribution in [3.8, 4) is 0 Å². The van der Waals surface area contributed by atoms with E-state index in [1.165, 1.54) is 0 Å². The monoisotopic (exact) mass is 227 g/mol. The lowest BCUT2D eigenvalue weighted by Crippen LogP contribution is -2.20. The van der Waals surface area contributed by atoms with Crippen molar-refractivity contribution in [2.75, 3.05) is 5.32 Å². The van der Waals surface area contributed by atoms with Crippen LogP contribution in [0.2, 0.25) is 0 Å². The molecule has 2 rings (SSSR count). The van der Waals surface area contributed by atoms with Gasteiger partial charge in [0.1, 0.15) is 0 Å². The molecule has 0 spiro atoms. The summed E-state index contributed by atoms with van der Waals surface area (Å²) in [5, 5.41) is 12.5. The largest absolute Gasteiger partial charge is 0.378 e. The van der Waals surface area contributed by atoms with Crippen molar-refractivity contribution in [3.63, 3.8) is 0 Å². The van der Waals surface area contributed by atoms with Crippen LogP contribution >= 0.6 is 0 Å². The van der Waals surface area contributed by atoms with Crippen LogP contribution in [0.15, 0.2) is 60.7 Å². The third-order valence-electron chi connectivity index (χ3n) is 2.40. The Bertz CT molecular complexity index is 482. The lowest BCUT2D eigenvalue weighted by Gasteiger charge is -2.11. The van der Waals surface area contributed by atoms with Crippen molar-refractivity contribution in [3.05, 3.63) is 66.2 Å². The maximum absolute atomic E-state index is 11.8. The Hall–Kier alpha value is -2.13. The van der Waals surface area contributed by atoms with E-state index >= 15 is 0 Å². The van der Waals surface area contributed by atoms with Crippen LogP contribution in [-0.4, -0.2) is 11.0 Å². The first-order valence-electron chi connectivity index (χ1n) is 5.36. The normalized spacial score (nSPS) is 11.8. The molecule has 0 saturated heterocycles. The number of rotatable bonds is 3. The highest BCUT2D eigenvalue weighted by Crippen LogP contribution is 2.15. The summed E-state index contributed by atoms with van der Waals surface area (Å²) in [4.78, 5) is 11.8. The molecular weight excluding hydrogens is 214 g/mol. The van der Waals surface area contributed by atoms with Gasteiger partial charge in [-0.3, -0.25) is 4.79 Å². The third kappa shape index (κ3) is 2.92. The van der Waals surface area contributed by atoms with Crippen LogP contribution in [0, 0.1) is 0 Å². The van der Waals surface area contributed by atoms with Crippen molar-refractivity contribution in [2.45, 2.75) is 6.10 Å². The van der Waals surface area contributed by atoms with Gasteiger partial charge < -0.3 is 10.4 Å². The highest BCUT2D eigenvalue weighted by Gasteiger charge is 2.16. The first kappa shape index (κ1) is 11.4. The molecule has 86 valence electrons. The molecule has 0 bridgehead atoms. The van der Waals surface area contributed by atoms with Crippen molar-refractivity contribution in [1.82, 2.24) is 0 Å². The second-order valence-electron chi connectivity index (χ2n) is 3.67. The number of hydrogen-bond acceptors (Lipinski definition) is 2. The average Bonchev–Trinajstić information content (AvgIpc) is 2.40. The minimum atomic E-state index is -1.14. The average molecular weight is 227 g/mol. The molecule has 3 heteroatoms. The van der Waals surface area contributed by atoms with Gasteiger partial charge in [0.05, 0.1) is 0 Å². The van der Waals surface area contributed by atoms with Gasteiger partial charge in [-0.1, -0.05) is 48.5 Å². The summed E-state index contributed by atoms with van der Waals surface area (Å²) in [6.07, 6.45) is -1.14. The first-order valence-corrected chi connectivity index (χ1v) is 5.36. The Balaban J connectivity index is 2.06. The smallest absolute Gasteiger partial charge is 0.257 e. The molecule has 0 aliphatic carbocycles. The van der Waals surface area contributed by atoms with Crippen LogP contribution in [0.25, 0.3) is 0 Å². The van der Waals surface area contributed by atoms with E-state index in [0.29, 0.717) is 11.3 Å². The summed E-state index contributed by atoms with van der Waals surface area (Å²) in [6, 6.07) is 17.9. The van der Waals surface area contributed by atoms with Crippen molar-refractivity contribution < 1.29 is 9.90 Å². The van der Waals surface area contributed by atoms with Gasteiger partial charge in [0.15, 0.2) is 6.10 Å². The SMILES string of the molecule is O=C(Nc1ccccc1)[C@@H](O)c1ccccc1. The zero-order valence-electron chi connectivity index (χ0n) is 9.21. The molecule has 2 aromatic rings. The lowest BCUT2D eigenvalue weighted by atomic mass is 10.1. The van der Waals surface area contributed by atoms with Gasteiger partial charge in [0.2, 0.25) is 0 Å². The Morgan fingerprint density at radius 2 is 1.47 bits per heavy atom. The number of carbonyl (C=O) groups excluding carboxylic acids is 1. The fourth-order valence-electron chi connectivity index (χ4n) is 1.52. The Morgan fingerprint density at radius 3 is 2.06 bits per heavy atom. The molecule has 2 aromatic carbocycles. The first-order chi connectivity index (χ1) is 8.27. The van der Waals surface area contributed by atoms with E-state index in [4.69, 9.17) is 0 Å². The minimum Gasteiger partial charge on any atom is -0.378 e. The summed E-state index contributed by atoms with van der Waals surface area (Å²) < 4.78 is 0. The molecular formula is C14H13NO2. The van der Waals surface area contributed by atoms with Gasteiger partial charge in [-0.15, -0.1) is 0 Å². The highest BCUT2D eigenvalue weighted by molar-refractivity contribution is 5.94. The minimum absolute atomic E-state index is 0.428.